The molecule has 1 rings (SSSR count). The first-order chi connectivity index (χ1) is 6.90. The molecule has 0 spiro atoms. The van der Waals surface area contributed by atoms with Crippen LogP contribution in [0.15, 0.2) is 24.3 Å². The van der Waals surface area contributed by atoms with Gasteiger partial charge in [0.1, 0.15) is 0 Å². The van der Waals surface area contributed by atoms with Crippen molar-refractivity contribution in [3.05, 3.63) is 34.4 Å². The average Bonchev–Trinajstić information content (AvgIpc) is 2.14. The maximum absolute atomic E-state index is 11.8. The lowest BCUT2D eigenvalue weighted by molar-refractivity contribution is -0.386. The molecule has 0 saturated heterocycles. The predicted octanol–water partition coefficient (Wildman–Crippen LogP) is 2.54. The Morgan fingerprint density at radius 2 is 1.93 bits per heavy atom. The largest absolute Gasteiger partial charge is 0.477 e. The fraction of sp³-hybridized carbons (Fsp3) is 0.250. The zero-order chi connectivity index (χ0) is 11.5. The first-order valence-electron chi connectivity index (χ1n) is 3.83. The molecule has 0 radical (unpaired) electrons. The molecule has 0 fully saturated rings. The number of para-hydroxylation sites is 2. The second-order valence-corrected chi connectivity index (χ2v) is 2.63. The Labute approximate surface area is 82.4 Å². The summed E-state index contributed by atoms with van der Waals surface area (Å²) in [5, 5.41) is 10.4. The summed E-state index contributed by atoms with van der Waals surface area (Å²) in [5.74, 6) is -0.389. The average molecular weight is 221 g/mol. The van der Waals surface area contributed by atoms with Gasteiger partial charge < -0.3 is 4.74 Å². The van der Waals surface area contributed by atoms with Gasteiger partial charge in [0.15, 0.2) is 12.4 Å². The first kappa shape index (κ1) is 11.3. The minimum absolute atomic E-state index is 0.389. The highest BCUT2D eigenvalue weighted by atomic mass is 19.4. The summed E-state index contributed by atoms with van der Waals surface area (Å²) >= 11 is 0. The summed E-state index contributed by atoms with van der Waals surface area (Å²) in [7, 11) is 0. The third-order valence-corrected chi connectivity index (χ3v) is 1.45. The minimum Gasteiger partial charge on any atom is -0.477 e. The molecule has 0 aromatic heterocycles. The van der Waals surface area contributed by atoms with Crippen molar-refractivity contribution < 1.29 is 22.8 Å². The van der Waals surface area contributed by atoms with Crippen LogP contribution in [0.1, 0.15) is 0 Å². The van der Waals surface area contributed by atoms with Gasteiger partial charge in [-0.3, -0.25) is 10.1 Å². The molecule has 1 aromatic carbocycles. The number of hydrogen-bond donors (Lipinski definition) is 0. The molecular weight excluding hydrogens is 215 g/mol. The second kappa shape index (κ2) is 4.16. The molecule has 0 aliphatic carbocycles. The number of alkyl halides is 3. The van der Waals surface area contributed by atoms with Crippen LogP contribution in [0.2, 0.25) is 0 Å². The summed E-state index contributed by atoms with van der Waals surface area (Å²) in [6, 6.07) is 4.90. The molecule has 7 heteroatoms. The van der Waals surface area contributed by atoms with Gasteiger partial charge in [-0.15, -0.1) is 0 Å². The maximum Gasteiger partial charge on any atom is 0.422 e. The minimum atomic E-state index is -4.51. The highest BCUT2D eigenvalue weighted by Gasteiger charge is 2.29. The van der Waals surface area contributed by atoms with Crippen LogP contribution in [0.5, 0.6) is 5.75 Å². The molecule has 0 bridgehead atoms. The van der Waals surface area contributed by atoms with E-state index >= 15 is 0 Å². The number of nitrogens with zero attached hydrogens (tertiary/aromatic N) is 1. The first-order valence-corrected chi connectivity index (χ1v) is 3.83. The Kier molecular flexibility index (Phi) is 3.13. The molecule has 1 aromatic rings. The number of benzene rings is 1. The summed E-state index contributed by atoms with van der Waals surface area (Å²) in [5.41, 5.74) is -0.484. The van der Waals surface area contributed by atoms with E-state index in [-0.39, 0.29) is 5.75 Å². The fourth-order valence-corrected chi connectivity index (χ4v) is 0.890. The molecule has 0 aliphatic heterocycles. The van der Waals surface area contributed by atoms with Gasteiger partial charge in [0.05, 0.1) is 4.92 Å². The van der Waals surface area contributed by atoms with Gasteiger partial charge in [-0.1, -0.05) is 12.1 Å². The van der Waals surface area contributed by atoms with E-state index in [0.29, 0.717) is 0 Å². The van der Waals surface area contributed by atoms with Gasteiger partial charge in [0.2, 0.25) is 0 Å². The molecule has 0 unspecified atom stereocenters. The van der Waals surface area contributed by atoms with Crippen molar-refractivity contribution in [2.75, 3.05) is 6.61 Å². The number of nitro groups is 1. The summed E-state index contributed by atoms with van der Waals surface area (Å²) in [6.45, 7) is -1.54. The number of hydrogen-bond acceptors (Lipinski definition) is 3. The summed E-state index contributed by atoms with van der Waals surface area (Å²) in [4.78, 5) is 9.59. The van der Waals surface area contributed by atoms with Crippen LogP contribution in [0.4, 0.5) is 18.9 Å². The zero-order valence-electron chi connectivity index (χ0n) is 7.32. The van der Waals surface area contributed by atoms with Crippen molar-refractivity contribution in [1.82, 2.24) is 0 Å². The van der Waals surface area contributed by atoms with Crippen molar-refractivity contribution in [3.63, 3.8) is 0 Å². The predicted molar refractivity (Wildman–Crippen MR) is 44.6 cm³/mol. The maximum atomic E-state index is 11.8. The van der Waals surface area contributed by atoms with E-state index in [9.17, 15) is 23.3 Å². The van der Waals surface area contributed by atoms with Gasteiger partial charge in [0.25, 0.3) is 0 Å². The number of halogens is 3. The van der Waals surface area contributed by atoms with E-state index in [1.54, 1.807) is 0 Å². The Morgan fingerprint density at radius 3 is 2.47 bits per heavy atom. The molecule has 0 N–H and O–H groups in total. The van der Waals surface area contributed by atoms with Gasteiger partial charge in [0, 0.05) is 6.07 Å². The molecule has 4 nitrogen and oxygen atoms in total. The lowest BCUT2D eigenvalue weighted by Crippen LogP contribution is -2.19. The monoisotopic (exact) mass is 221 g/mol. The van der Waals surface area contributed by atoms with E-state index in [1.807, 2.05) is 0 Å². The van der Waals surface area contributed by atoms with E-state index in [1.165, 1.54) is 12.1 Å². The van der Waals surface area contributed by atoms with E-state index in [4.69, 9.17) is 0 Å². The standard InChI is InChI=1S/C8H6F3NO3/c9-8(10,11)5-15-7-4-2-1-3-6(7)12(13)14/h1-4H,5H2. The van der Waals surface area contributed by atoms with Crippen molar-refractivity contribution in [2.45, 2.75) is 6.18 Å². The van der Waals surface area contributed by atoms with Crippen molar-refractivity contribution in [3.8, 4) is 5.75 Å². The molecular formula is C8H6F3NO3. The van der Waals surface area contributed by atoms with Crippen LogP contribution in [0.3, 0.4) is 0 Å². The Bertz CT molecular complexity index is 364. The van der Waals surface area contributed by atoms with Crippen LogP contribution in [-0.4, -0.2) is 17.7 Å². The van der Waals surface area contributed by atoms with Crippen LogP contribution in [0, 0.1) is 10.1 Å². The van der Waals surface area contributed by atoms with Crippen molar-refractivity contribution in [2.24, 2.45) is 0 Å². The second-order valence-electron chi connectivity index (χ2n) is 2.63. The third kappa shape index (κ3) is 3.45. The molecule has 0 heterocycles. The van der Waals surface area contributed by atoms with Gasteiger partial charge in [-0.2, -0.15) is 13.2 Å². The fourth-order valence-electron chi connectivity index (χ4n) is 0.890. The van der Waals surface area contributed by atoms with Gasteiger partial charge in [-0.05, 0) is 6.07 Å². The summed E-state index contributed by atoms with van der Waals surface area (Å²) < 4.78 is 39.6. The van der Waals surface area contributed by atoms with Crippen LogP contribution in [-0.2, 0) is 0 Å². The topological polar surface area (TPSA) is 52.4 Å². The highest BCUT2D eigenvalue weighted by molar-refractivity contribution is 5.45. The van der Waals surface area contributed by atoms with Crippen LogP contribution < -0.4 is 4.74 Å². The molecule has 82 valence electrons. The van der Waals surface area contributed by atoms with Gasteiger partial charge in [-0.25, -0.2) is 0 Å². The lowest BCUT2D eigenvalue weighted by atomic mass is 10.3. The number of rotatable bonds is 3. The molecule has 0 atom stereocenters. The third-order valence-electron chi connectivity index (χ3n) is 1.45. The SMILES string of the molecule is O=[N+]([O-])c1ccccc1OCC(F)(F)F. The summed E-state index contributed by atoms with van der Waals surface area (Å²) in [6.07, 6.45) is -4.51. The Balaban J connectivity index is 2.81. The Hall–Kier alpha value is -1.79. The van der Waals surface area contributed by atoms with E-state index in [0.717, 1.165) is 12.1 Å². The van der Waals surface area contributed by atoms with E-state index < -0.39 is 23.4 Å². The van der Waals surface area contributed by atoms with Gasteiger partial charge >= 0.3 is 11.9 Å². The normalized spacial score (nSPS) is 11.1. The molecule has 0 saturated carbocycles. The quantitative estimate of drug-likeness (QED) is 0.582. The number of ether oxygens (including phenoxy) is 1. The lowest BCUT2D eigenvalue weighted by Gasteiger charge is -2.08. The smallest absolute Gasteiger partial charge is 0.422 e. The highest BCUT2D eigenvalue weighted by Crippen LogP contribution is 2.27. The van der Waals surface area contributed by atoms with Crippen molar-refractivity contribution in [1.29, 1.82) is 0 Å². The zero-order valence-corrected chi connectivity index (χ0v) is 7.32. The molecule has 0 aliphatic rings. The van der Waals surface area contributed by atoms with E-state index in [2.05, 4.69) is 4.74 Å². The molecule has 0 amide bonds. The number of nitro benzene ring substituents is 1. The van der Waals surface area contributed by atoms with Crippen LogP contribution >= 0.6 is 0 Å². The van der Waals surface area contributed by atoms with Crippen LogP contribution in [0.25, 0.3) is 0 Å². The Morgan fingerprint density at radius 1 is 1.33 bits per heavy atom. The van der Waals surface area contributed by atoms with Crippen molar-refractivity contribution >= 4 is 5.69 Å². The molecule has 15 heavy (non-hydrogen) atoms.